The van der Waals surface area contributed by atoms with Crippen LogP contribution in [0.25, 0.3) is 6.08 Å². The Bertz CT molecular complexity index is 721. The summed E-state index contributed by atoms with van der Waals surface area (Å²) in [5, 5.41) is 11.3. The van der Waals surface area contributed by atoms with Gasteiger partial charge in [0.25, 0.3) is 0 Å². The molecule has 146 valence electrons. The molecule has 1 nitrogen and oxygen atoms in total. The minimum Gasteiger partial charge on any atom is -0.388 e. The first-order valence-electron chi connectivity index (χ1n) is 11.5. The average Bonchev–Trinajstić information content (AvgIpc) is 2.93. The highest BCUT2D eigenvalue weighted by Gasteiger charge is 2.60. The van der Waals surface area contributed by atoms with Gasteiger partial charge in [-0.2, -0.15) is 0 Å². The van der Waals surface area contributed by atoms with Gasteiger partial charge in [-0.15, -0.1) is 0 Å². The lowest BCUT2D eigenvalue weighted by Crippen LogP contribution is -2.53. The number of hydrogen-bond donors (Lipinski definition) is 1. The van der Waals surface area contributed by atoms with E-state index < -0.39 is 0 Å². The largest absolute Gasteiger partial charge is 0.388 e. The van der Waals surface area contributed by atoms with Crippen molar-refractivity contribution in [3.8, 4) is 0 Å². The molecule has 0 bridgehead atoms. The zero-order valence-corrected chi connectivity index (χ0v) is 17.2. The molecule has 0 spiro atoms. The summed E-state index contributed by atoms with van der Waals surface area (Å²) in [5.74, 6) is 3.39. The second kappa shape index (κ2) is 6.48. The van der Waals surface area contributed by atoms with Gasteiger partial charge in [-0.3, -0.25) is 0 Å². The second-order valence-electron chi connectivity index (χ2n) is 10.7. The molecule has 27 heavy (non-hydrogen) atoms. The fourth-order valence-corrected chi connectivity index (χ4v) is 8.06. The molecule has 0 saturated heterocycles. The Morgan fingerprint density at radius 3 is 2.52 bits per heavy atom. The first-order valence-corrected chi connectivity index (χ1v) is 11.5. The van der Waals surface area contributed by atoms with Gasteiger partial charge >= 0.3 is 0 Å². The van der Waals surface area contributed by atoms with Crippen LogP contribution in [0.4, 0.5) is 0 Å². The Kier molecular flexibility index (Phi) is 4.31. The lowest BCUT2D eigenvalue weighted by molar-refractivity contribution is -0.119. The van der Waals surface area contributed by atoms with Crippen LogP contribution >= 0.6 is 0 Å². The van der Waals surface area contributed by atoms with Gasteiger partial charge in [-0.1, -0.05) is 63.1 Å². The third-order valence-electron chi connectivity index (χ3n) is 9.60. The number of rotatable bonds is 1. The molecule has 4 fully saturated rings. The van der Waals surface area contributed by atoms with Crippen LogP contribution in [0.2, 0.25) is 0 Å². The van der Waals surface area contributed by atoms with E-state index in [1.54, 1.807) is 0 Å². The van der Waals surface area contributed by atoms with Crippen LogP contribution in [-0.2, 0) is 0 Å². The maximum atomic E-state index is 11.3. The minimum atomic E-state index is -0.249. The van der Waals surface area contributed by atoms with Crippen LogP contribution < -0.4 is 0 Å². The molecule has 7 atom stereocenters. The highest BCUT2D eigenvalue weighted by atomic mass is 16.3. The Labute approximate surface area is 165 Å². The highest BCUT2D eigenvalue weighted by molar-refractivity contribution is 5.55. The van der Waals surface area contributed by atoms with Crippen molar-refractivity contribution in [2.24, 2.45) is 34.5 Å². The number of fused-ring (bicyclic) bond motifs is 5. The van der Waals surface area contributed by atoms with Gasteiger partial charge in [-0.25, -0.2) is 0 Å². The summed E-state index contributed by atoms with van der Waals surface area (Å²) in [6.07, 6.45) is 14.4. The maximum absolute atomic E-state index is 11.3. The zero-order chi connectivity index (χ0) is 18.6. The van der Waals surface area contributed by atoms with E-state index in [-0.39, 0.29) is 11.5 Å². The lowest BCUT2D eigenvalue weighted by atomic mass is 9.45. The zero-order valence-electron chi connectivity index (χ0n) is 17.2. The smallest absolute Gasteiger partial charge is 0.0809 e. The third-order valence-corrected chi connectivity index (χ3v) is 9.60. The van der Waals surface area contributed by atoms with E-state index in [2.05, 4.69) is 50.3 Å². The Morgan fingerprint density at radius 1 is 0.889 bits per heavy atom. The average molecular weight is 365 g/mol. The second-order valence-corrected chi connectivity index (χ2v) is 10.7. The van der Waals surface area contributed by atoms with Crippen molar-refractivity contribution < 1.29 is 5.11 Å². The SMILES string of the molecule is CC12CCCCC1CCC1C2CCC2(C)C(O)/C(=C/c3ccccc3)CC12. The lowest BCUT2D eigenvalue weighted by Gasteiger charge is -2.60. The molecule has 0 amide bonds. The predicted molar refractivity (Wildman–Crippen MR) is 112 cm³/mol. The van der Waals surface area contributed by atoms with Gasteiger partial charge in [-0.05, 0) is 85.2 Å². The third kappa shape index (κ3) is 2.68. The highest BCUT2D eigenvalue weighted by Crippen LogP contribution is 2.67. The van der Waals surface area contributed by atoms with E-state index in [1.807, 2.05) is 0 Å². The number of hydrogen-bond acceptors (Lipinski definition) is 1. The summed E-state index contributed by atoms with van der Waals surface area (Å²) in [4.78, 5) is 0. The van der Waals surface area contributed by atoms with Crippen LogP contribution in [0.1, 0.15) is 77.2 Å². The van der Waals surface area contributed by atoms with Crippen LogP contribution in [0.5, 0.6) is 0 Å². The Balaban J connectivity index is 1.46. The van der Waals surface area contributed by atoms with Crippen molar-refractivity contribution in [3.63, 3.8) is 0 Å². The molecule has 5 rings (SSSR count). The molecule has 0 heterocycles. The standard InChI is InChI=1S/C26H36O/c1-25-14-7-6-10-20(25)11-12-21-22(25)13-15-26(2)23(21)17-19(24(26)27)16-18-8-4-3-5-9-18/h3-5,8-9,16,20-24,27H,6-7,10-15,17H2,1-2H3/b19-16+. The minimum absolute atomic E-state index is 0.0969. The van der Waals surface area contributed by atoms with Crippen LogP contribution in [0.15, 0.2) is 35.9 Å². The maximum Gasteiger partial charge on any atom is 0.0809 e. The van der Waals surface area contributed by atoms with E-state index in [4.69, 9.17) is 0 Å². The fourth-order valence-electron chi connectivity index (χ4n) is 8.06. The van der Waals surface area contributed by atoms with Crippen LogP contribution in [0, 0.1) is 34.5 Å². The molecular formula is C26H36O. The number of benzene rings is 1. The van der Waals surface area contributed by atoms with E-state index in [0.29, 0.717) is 11.3 Å². The molecule has 1 aromatic carbocycles. The Hall–Kier alpha value is -1.08. The summed E-state index contributed by atoms with van der Waals surface area (Å²) in [6.45, 7) is 5.04. The summed E-state index contributed by atoms with van der Waals surface area (Å²) in [6, 6.07) is 10.6. The van der Waals surface area contributed by atoms with Crippen molar-refractivity contribution in [2.45, 2.75) is 77.7 Å². The van der Waals surface area contributed by atoms with Gasteiger partial charge in [0.2, 0.25) is 0 Å². The number of aliphatic hydroxyl groups is 1. The summed E-state index contributed by atoms with van der Waals surface area (Å²) in [7, 11) is 0. The van der Waals surface area contributed by atoms with Gasteiger partial charge in [0.15, 0.2) is 0 Å². The molecule has 1 heteroatoms. The fraction of sp³-hybridized carbons (Fsp3) is 0.692. The van der Waals surface area contributed by atoms with Crippen LogP contribution in [-0.4, -0.2) is 11.2 Å². The summed E-state index contributed by atoms with van der Waals surface area (Å²) in [5.41, 5.74) is 3.22. The van der Waals surface area contributed by atoms with Crippen molar-refractivity contribution in [2.75, 3.05) is 0 Å². The molecule has 1 N–H and O–H groups in total. The number of aliphatic hydroxyl groups excluding tert-OH is 1. The van der Waals surface area contributed by atoms with Gasteiger partial charge < -0.3 is 5.11 Å². The molecule has 4 aliphatic carbocycles. The molecule has 4 aliphatic rings. The van der Waals surface area contributed by atoms with E-state index in [1.165, 1.54) is 62.5 Å². The molecule has 0 radical (unpaired) electrons. The topological polar surface area (TPSA) is 20.2 Å². The van der Waals surface area contributed by atoms with Crippen molar-refractivity contribution in [1.29, 1.82) is 0 Å². The van der Waals surface area contributed by atoms with Gasteiger partial charge in [0.05, 0.1) is 6.10 Å². The first kappa shape index (κ1) is 18.0. The van der Waals surface area contributed by atoms with Crippen molar-refractivity contribution >= 4 is 6.08 Å². The molecule has 7 unspecified atom stereocenters. The van der Waals surface area contributed by atoms with Gasteiger partial charge in [0, 0.05) is 5.41 Å². The normalized spacial score (nSPS) is 48.0. The first-order chi connectivity index (χ1) is 13.0. The molecule has 4 saturated carbocycles. The van der Waals surface area contributed by atoms with E-state index in [9.17, 15) is 5.11 Å². The monoisotopic (exact) mass is 364 g/mol. The summed E-state index contributed by atoms with van der Waals surface area (Å²) < 4.78 is 0. The van der Waals surface area contributed by atoms with Gasteiger partial charge in [0.1, 0.15) is 0 Å². The molecule has 0 aromatic heterocycles. The van der Waals surface area contributed by atoms with Crippen LogP contribution in [0.3, 0.4) is 0 Å². The van der Waals surface area contributed by atoms with E-state index in [0.717, 1.165) is 24.2 Å². The predicted octanol–water partition coefficient (Wildman–Crippen LogP) is 6.47. The van der Waals surface area contributed by atoms with E-state index >= 15 is 0 Å². The van der Waals surface area contributed by atoms with Crippen molar-refractivity contribution in [3.05, 3.63) is 41.5 Å². The molecule has 0 aliphatic heterocycles. The van der Waals surface area contributed by atoms with Crippen molar-refractivity contribution in [1.82, 2.24) is 0 Å². The Morgan fingerprint density at radius 2 is 1.70 bits per heavy atom. The summed E-state index contributed by atoms with van der Waals surface area (Å²) >= 11 is 0. The molecular weight excluding hydrogens is 328 g/mol. The quantitative estimate of drug-likeness (QED) is 0.605. The molecule has 1 aromatic rings.